The second-order valence-corrected chi connectivity index (χ2v) is 5.04. The number of ether oxygens (including phenoxy) is 1. The summed E-state index contributed by atoms with van der Waals surface area (Å²) < 4.78 is 5.03. The molecule has 108 valence electrons. The van der Waals surface area contributed by atoms with Gasteiger partial charge in [0.2, 0.25) is 0 Å². The van der Waals surface area contributed by atoms with Crippen LogP contribution in [0.25, 0.3) is 0 Å². The van der Waals surface area contributed by atoms with Crippen LogP contribution in [0.1, 0.15) is 31.1 Å². The van der Waals surface area contributed by atoms with Crippen molar-refractivity contribution in [3.63, 3.8) is 0 Å². The fourth-order valence-electron chi connectivity index (χ4n) is 1.93. The van der Waals surface area contributed by atoms with Gasteiger partial charge in [-0.05, 0) is 39.0 Å². The lowest BCUT2D eigenvalue weighted by Gasteiger charge is -2.25. The minimum Gasteiger partial charge on any atom is -0.462 e. The van der Waals surface area contributed by atoms with Crippen LogP contribution in [0.15, 0.2) is 48.6 Å². The first-order chi connectivity index (χ1) is 9.43. The van der Waals surface area contributed by atoms with Gasteiger partial charge >= 0.3 is 5.97 Å². The molecule has 0 bridgehead atoms. The number of nitrogens with zero attached hydrogens (tertiary/aromatic N) is 1. The van der Waals surface area contributed by atoms with Gasteiger partial charge < -0.3 is 9.64 Å². The second kappa shape index (κ2) is 7.53. The molecule has 0 aliphatic heterocycles. The summed E-state index contributed by atoms with van der Waals surface area (Å²) in [5, 5.41) is 0. The van der Waals surface area contributed by atoms with E-state index >= 15 is 0 Å². The molecule has 0 radical (unpaired) electrons. The molecule has 1 rings (SSSR count). The third-order valence-electron chi connectivity index (χ3n) is 2.64. The Labute approximate surface area is 121 Å². The van der Waals surface area contributed by atoms with Crippen molar-refractivity contribution in [3.8, 4) is 0 Å². The van der Waals surface area contributed by atoms with Crippen molar-refractivity contribution in [1.29, 1.82) is 0 Å². The van der Waals surface area contributed by atoms with E-state index in [9.17, 15) is 4.79 Å². The molecule has 0 fully saturated rings. The van der Waals surface area contributed by atoms with E-state index in [1.54, 1.807) is 13.0 Å². The zero-order valence-corrected chi connectivity index (χ0v) is 12.6. The Balaban J connectivity index is 3.01. The summed E-state index contributed by atoms with van der Waals surface area (Å²) in [5.41, 5.74) is 3.67. The van der Waals surface area contributed by atoms with Gasteiger partial charge in [0.1, 0.15) is 0 Å². The molecular formula is C17H23NO2. The van der Waals surface area contributed by atoms with Gasteiger partial charge in [0.25, 0.3) is 0 Å². The molecule has 0 saturated carbocycles. The Hall–Kier alpha value is -2.03. The minimum atomic E-state index is -0.292. The number of carbonyl (C=O) groups excluding carboxylic acids is 1. The molecular weight excluding hydrogens is 250 g/mol. The van der Waals surface area contributed by atoms with Gasteiger partial charge in [0.15, 0.2) is 0 Å². The van der Waals surface area contributed by atoms with Crippen molar-refractivity contribution in [2.75, 3.05) is 24.6 Å². The summed E-state index contributed by atoms with van der Waals surface area (Å²) >= 11 is 0. The number of carbonyl (C=O) groups is 1. The summed E-state index contributed by atoms with van der Waals surface area (Å²) in [6.07, 6.45) is 0. The van der Waals surface area contributed by atoms with E-state index in [0.29, 0.717) is 12.2 Å². The second-order valence-electron chi connectivity index (χ2n) is 5.04. The maximum absolute atomic E-state index is 11.8. The average molecular weight is 273 g/mol. The Morgan fingerprint density at radius 1 is 1.20 bits per heavy atom. The minimum absolute atomic E-state index is 0.292. The zero-order chi connectivity index (χ0) is 15.1. The number of benzene rings is 1. The van der Waals surface area contributed by atoms with E-state index in [2.05, 4.69) is 18.1 Å². The molecule has 20 heavy (non-hydrogen) atoms. The summed E-state index contributed by atoms with van der Waals surface area (Å²) in [7, 11) is 0. The van der Waals surface area contributed by atoms with Crippen LogP contribution in [0, 0.1) is 0 Å². The Morgan fingerprint density at radius 2 is 1.80 bits per heavy atom. The Kier molecular flexibility index (Phi) is 6.04. The zero-order valence-electron chi connectivity index (χ0n) is 12.6. The maximum Gasteiger partial charge on any atom is 0.338 e. The number of hydrogen-bond acceptors (Lipinski definition) is 3. The van der Waals surface area contributed by atoms with Crippen LogP contribution >= 0.6 is 0 Å². The molecule has 0 amide bonds. The van der Waals surface area contributed by atoms with Gasteiger partial charge in [-0.15, -0.1) is 0 Å². The lowest BCUT2D eigenvalue weighted by molar-refractivity contribution is 0.0526. The molecule has 0 N–H and O–H groups in total. The van der Waals surface area contributed by atoms with Gasteiger partial charge in [0, 0.05) is 18.8 Å². The Morgan fingerprint density at radius 3 is 2.30 bits per heavy atom. The smallest absolute Gasteiger partial charge is 0.338 e. The summed E-state index contributed by atoms with van der Waals surface area (Å²) in [4.78, 5) is 13.9. The molecule has 3 heteroatoms. The molecule has 3 nitrogen and oxygen atoms in total. The lowest BCUT2D eigenvalue weighted by atomic mass is 10.1. The first kappa shape index (κ1) is 16.0. The third-order valence-corrected chi connectivity index (χ3v) is 2.64. The monoisotopic (exact) mass is 273 g/mol. The van der Waals surface area contributed by atoms with E-state index in [1.807, 2.05) is 32.0 Å². The van der Waals surface area contributed by atoms with Crippen molar-refractivity contribution < 1.29 is 9.53 Å². The Bertz CT molecular complexity index is 489. The molecule has 0 aromatic heterocycles. The van der Waals surface area contributed by atoms with Gasteiger partial charge in [-0.2, -0.15) is 0 Å². The van der Waals surface area contributed by atoms with E-state index in [4.69, 9.17) is 4.74 Å². The van der Waals surface area contributed by atoms with Crippen LogP contribution in [0.5, 0.6) is 0 Å². The van der Waals surface area contributed by atoms with E-state index in [1.165, 1.54) is 0 Å². The van der Waals surface area contributed by atoms with Crippen LogP contribution < -0.4 is 4.90 Å². The molecule has 1 aromatic carbocycles. The van der Waals surface area contributed by atoms with Crippen LogP contribution in [0.4, 0.5) is 5.69 Å². The highest BCUT2D eigenvalue weighted by Gasteiger charge is 2.11. The molecule has 1 aromatic rings. The topological polar surface area (TPSA) is 29.5 Å². The predicted octanol–water partition coefficient (Wildman–Crippen LogP) is 3.82. The standard InChI is InChI=1S/C17H23NO2/c1-6-20-17(19)15-8-7-9-16(10-15)18(11-13(2)3)12-14(4)5/h7-10H,2,4,6,11-12H2,1,3,5H3. The molecule has 0 aliphatic carbocycles. The predicted molar refractivity (Wildman–Crippen MR) is 84.2 cm³/mol. The van der Waals surface area contributed by atoms with Crippen LogP contribution in [0.2, 0.25) is 0 Å². The number of hydrogen-bond donors (Lipinski definition) is 0. The number of rotatable bonds is 7. The third kappa shape index (κ3) is 4.92. The lowest BCUT2D eigenvalue weighted by Crippen LogP contribution is -2.26. The molecule has 0 spiro atoms. The van der Waals surface area contributed by atoms with Gasteiger partial charge in [-0.1, -0.05) is 30.4 Å². The molecule has 0 unspecified atom stereocenters. The molecule has 0 heterocycles. The fourth-order valence-corrected chi connectivity index (χ4v) is 1.93. The summed E-state index contributed by atoms with van der Waals surface area (Å²) in [6, 6.07) is 7.46. The van der Waals surface area contributed by atoms with E-state index in [0.717, 1.165) is 29.9 Å². The van der Waals surface area contributed by atoms with Gasteiger partial charge in [-0.25, -0.2) is 4.79 Å². The molecule has 0 aliphatic rings. The fraction of sp³-hybridized carbons (Fsp3) is 0.353. The van der Waals surface area contributed by atoms with Crippen molar-refractivity contribution in [2.45, 2.75) is 20.8 Å². The highest BCUT2D eigenvalue weighted by atomic mass is 16.5. The SMILES string of the molecule is C=C(C)CN(CC(=C)C)c1cccc(C(=O)OCC)c1. The van der Waals surface area contributed by atoms with Crippen molar-refractivity contribution >= 4 is 11.7 Å². The highest BCUT2D eigenvalue weighted by molar-refractivity contribution is 5.90. The van der Waals surface area contributed by atoms with Crippen LogP contribution in [0.3, 0.4) is 0 Å². The molecule has 0 saturated heterocycles. The summed E-state index contributed by atoms with van der Waals surface area (Å²) in [5.74, 6) is -0.292. The first-order valence-corrected chi connectivity index (χ1v) is 6.75. The highest BCUT2D eigenvalue weighted by Crippen LogP contribution is 2.19. The number of esters is 1. The maximum atomic E-state index is 11.8. The van der Waals surface area contributed by atoms with Crippen molar-refractivity contribution in [2.24, 2.45) is 0 Å². The quantitative estimate of drug-likeness (QED) is 0.558. The van der Waals surface area contributed by atoms with E-state index in [-0.39, 0.29) is 5.97 Å². The normalized spacial score (nSPS) is 9.95. The van der Waals surface area contributed by atoms with Crippen molar-refractivity contribution in [3.05, 3.63) is 54.1 Å². The van der Waals surface area contributed by atoms with Crippen molar-refractivity contribution in [1.82, 2.24) is 0 Å². The van der Waals surface area contributed by atoms with Crippen LogP contribution in [-0.4, -0.2) is 25.7 Å². The van der Waals surface area contributed by atoms with Gasteiger partial charge in [0.05, 0.1) is 12.2 Å². The van der Waals surface area contributed by atoms with Gasteiger partial charge in [-0.3, -0.25) is 0 Å². The number of anilines is 1. The summed E-state index contributed by atoms with van der Waals surface area (Å²) in [6.45, 7) is 15.5. The largest absolute Gasteiger partial charge is 0.462 e. The molecule has 0 atom stereocenters. The van der Waals surface area contributed by atoms with E-state index < -0.39 is 0 Å². The average Bonchev–Trinajstić information content (AvgIpc) is 2.37. The first-order valence-electron chi connectivity index (χ1n) is 6.75. The van der Waals surface area contributed by atoms with Crippen LogP contribution in [-0.2, 0) is 4.74 Å².